The maximum atomic E-state index is 12.1. The number of carbonyl (C=O) groups excluding carboxylic acids is 1. The van der Waals surface area contributed by atoms with Gasteiger partial charge in [-0.25, -0.2) is 4.79 Å². The Hall–Kier alpha value is -2.08. The number of benzene rings is 1. The Balaban J connectivity index is 1.70. The number of rotatable bonds is 2. The van der Waals surface area contributed by atoms with Gasteiger partial charge in [0.05, 0.1) is 0 Å². The lowest BCUT2D eigenvalue weighted by Gasteiger charge is -2.24. The number of hydrogen-bond donors (Lipinski definition) is 1. The summed E-state index contributed by atoms with van der Waals surface area (Å²) in [4.78, 5) is 13.9. The average molecular weight is 349 g/mol. The maximum absolute atomic E-state index is 12.1. The van der Waals surface area contributed by atoms with Crippen LogP contribution in [0.4, 0.5) is 10.6 Å². The summed E-state index contributed by atoms with van der Waals surface area (Å²) in [6, 6.07) is 7.83. The molecular formula is C17H21ClN4O2. The van der Waals surface area contributed by atoms with Crippen LogP contribution in [-0.4, -0.2) is 45.9 Å². The van der Waals surface area contributed by atoms with Crippen molar-refractivity contribution in [2.24, 2.45) is 0 Å². The summed E-state index contributed by atoms with van der Waals surface area (Å²) in [5.74, 6) is 0.686. The van der Waals surface area contributed by atoms with Gasteiger partial charge >= 0.3 is 6.09 Å². The average Bonchev–Trinajstić information content (AvgIpc) is 2.98. The Morgan fingerprint density at radius 2 is 2.00 bits per heavy atom. The molecule has 1 aliphatic heterocycles. The molecule has 0 unspecified atom stereocenters. The summed E-state index contributed by atoms with van der Waals surface area (Å²) in [6.07, 6.45) is 0.552. The Morgan fingerprint density at radius 1 is 1.29 bits per heavy atom. The molecule has 128 valence electrons. The Kier molecular flexibility index (Phi) is 4.49. The molecule has 3 rings (SSSR count). The van der Waals surface area contributed by atoms with E-state index >= 15 is 0 Å². The van der Waals surface area contributed by atoms with Gasteiger partial charge in [0.1, 0.15) is 5.60 Å². The second-order valence-electron chi connectivity index (χ2n) is 6.94. The van der Waals surface area contributed by atoms with E-state index in [1.54, 1.807) is 4.90 Å². The second kappa shape index (κ2) is 6.43. The first-order chi connectivity index (χ1) is 11.3. The molecule has 24 heavy (non-hydrogen) atoms. The summed E-state index contributed by atoms with van der Waals surface area (Å²) in [7, 11) is 0. The molecule has 1 aliphatic rings. The number of ether oxygens (including phenoxy) is 1. The molecule has 0 aliphatic carbocycles. The van der Waals surface area contributed by atoms with Crippen LogP contribution in [0.25, 0.3) is 10.8 Å². The van der Waals surface area contributed by atoms with Gasteiger partial charge in [-0.15, -0.1) is 10.2 Å². The van der Waals surface area contributed by atoms with Crippen LogP contribution >= 0.6 is 11.6 Å². The third-order valence-electron chi connectivity index (χ3n) is 3.82. The van der Waals surface area contributed by atoms with E-state index in [2.05, 4.69) is 15.5 Å². The van der Waals surface area contributed by atoms with E-state index in [1.165, 1.54) is 0 Å². The molecule has 1 aromatic carbocycles. The summed E-state index contributed by atoms with van der Waals surface area (Å²) in [5, 5.41) is 13.7. The Morgan fingerprint density at radius 3 is 2.71 bits per heavy atom. The van der Waals surface area contributed by atoms with Crippen LogP contribution < -0.4 is 5.32 Å². The number of hydrogen-bond acceptors (Lipinski definition) is 5. The second-order valence-corrected chi connectivity index (χ2v) is 7.30. The molecule has 1 atom stereocenters. The zero-order valence-electron chi connectivity index (χ0n) is 14.0. The molecule has 1 N–H and O–H groups in total. The van der Waals surface area contributed by atoms with Crippen molar-refractivity contribution < 1.29 is 9.53 Å². The molecule has 1 aromatic heterocycles. The van der Waals surface area contributed by atoms with E-state index in [1.807, 2.05) is 45.0 Å². The monoisotopic (exact) mass is 348 g/mol. The van der Waals surface area contributed by atoms with Gasteiger partial charge in [-0.1, -0.05) is 35.9 Å². The van der Waals surface area contributed by atoms with Gasteiger partial charge in [0.15, 0.2) is 11.0 Å². The molecule has 7 heteroatoms. The van der Waals surface area contributed by atoms with Crippen molar-refractivity contribution in [2.75, 3.05) is 18.4 Å². The van der Waals surface area contributed by atoms with Crippen LogP contribution in [0.1, 0.15) is 27.2 Å². The van der Waals surface area contributed by atoms with Crippen molar-refractivity contribution in [1.29, 1.82) is 0 Å². The van der Waals surface area contributed by atoms with Gasteiger partial charge in [-0.2, -0.15) is 0 Å². The highest BCUT2D eigenvalue weighted by atomic mass is 35.5. The van der Waals surface area contributed by atoms with E-state index in [9.17, 15) is 4.79 Å². The molecule has 0 spiro atoms. The van der Waals surface area contributed by atoms with Crippen LogP contribution in [0.2, 0.25) is 5.15 Å². The van der Waals surface area contributed by atoms with Gasteiger partial charge in [-0.05, 0) is 27.2 Å². The lowest BCUT2D eigenvalue weighted by atomic mass is 10.2. The maximum Gasteiger partial charge on any atom is 0.410 e. The third-order valence-corrected chi connectivity index (χ3v) is 4.10. The van der Waals surface area contributed by atoms with E-state index in [0.29, 0.717) is 24.1 Å². The van der Waals surface area contributed by atoms with E-state index < -0.39 is 5.60 Å². The fourth-order valence-corrected chi connectivity index (χ4v) is 2.94. The highest BCUT2D eigenvalue weighted by molar-refractivity contribution is 6.34. The van der Waals surface area contributed by atoms with Gasteiger partial charge in [0.25, 0.3) is 0 Å². The zero-order chi connectivity index (χ0) is 17.3. The number of nitrogens with one attached hydrogen (secondary N) is 1. The van der Waals surface area contributed by atoms with E-state index in [-0.39, 0.29) is 12.1 Å². The summed E-state index contributed by atoms with van der Waals surface area (Å²) < 4.78 is 5.42. The number of nitrogens with zero attached hydrogens (tertiary/aromatic N) is 3. The predicted molar refractivity (Wildman–Crippen MR) is 94.4 cm³/mol. The first-order valence-corrected chi connectivity index (χ1v) is 8.37. The topological polar surface area (TPSA) is 67.3 Å². The number of anilines is 1. The number of halogens is 1. The lowest BCUT2D eigenvalue weighted by Crippen LogP contribution is -2.36. The van der Waals surface area contributed by atoms with Crippen molar-refractivity contribution >= 4 is 34.3 Å². The Bertz CT molecular complexity index is 760. The van der Waals surface area contributed by atoms with Crippen molar-refractivity contribution in [3.63, 3.8) is 0 Å². The number of likely N-dealkylation sites (tertiary alicyclic amines) is 1. The molecule has 0 saturated carbocycles. The highest BCUT2D eigenvalue weighted by Gasteiger charge is 2.30. The third kappa shape index (κ3) is 3.70. The molecule has 1 fully saturated rings. The highest BCUT2D eigenvalue weighted by Crippen LogP contribution is 2.27. The quantitative estimate of drug-likeness (QED) is 0.896. The van der Waals surface area contributed by atoms with Gasteiger partial charge < -0.3 is 15.0 Å². The number of fused-ring (bicyclic) bond motifs is 1. The minimum Gasteiger partial charge on any atom is -0.444 e. The van der Waals surface area contributed by atoms with E-state index in [4.69, 9.17) is 16.3 Å². The number of amides is 1. The number of aromatic nitrogens is 2. The molecule has 1 saturated heterocycles. The smallest absolute Gasteiger partial charge is 0.410 e. The van der Waals surface area contributed by atoms with Gasteiger partial charge in [0, 0.05) is 29.9 Å². The molecule has 1 amide bonds. The summed E-state index contributed by atoms with van der Waals surface area (Å²) >= 11 is 6.10. The molecule has 0 bridgehead atoms. The van der Waals surface area contributed by atoms with Gasteiger partial charge in [-0.3, -0.25) is 0 Å². The molecule has 0 radical (unpaired) electrons. The summed E-state index contributed by atoms with van der Waals surface area (Å²) in [6.45, 7) is 6.84. The SMILES string of the molecule is CC(C)(C)OC(=O)N1CC[C@@H](Nc2nnc(Cl)c3ccccc23)C1. The first-order valence-electron chi connectivity index (χ1n) is 7.99. The normalized spacial score (nSPS) is 18.0. The minimum atomic E-state index is -0.486. The fraction of sp³-hybridized carbons (Fsp3) is 0.471. The lowest BCUT2D eigenvalue weighted by molar-refractivity contribution is 0.0293. The van der Waals surface area contributed by atoms with Crippen LogP contribution in [0.3, 0.4) is 0 Å². The molecule has 2 aromatic rings. The standard InChI is InChI=1S/C17H21ClN4O2/c1-17(2,3)24-16(23)22-9-8-11(10-22)19-15-13-7-5-4-6-12(13)14(18)20-21-15/h4-7,11H,8-10H2,1-3H3,(H,19,21)/t11-/m1/s1. The predicted octanol–water partition coefficient (Wildman–Crippen LogP) is 3.70. The Labute approximate surface area is 146 Å². The minimum absolute atomic E-state index is 0.108. The molecule has 6 nitrogen and oxygen atoms in total. The van der Waals surface area contributed by atoms with E-state index in [0.717, 1.165) is 17.2 Å². The van der Waals surface area contributed by atoms with Crippen LogP contribution in [-0.2, 0) is 4.74 Å². The zero-order valence-corrected chi connectivity index (χ0v) is 14.8. The molecule has 2 heterocycles. The van der Waals surface area contributed by atoms with Crippen molar-refractivity contribution in [3.8, 4) is 0 Å². The van der Waals surface area contributed by atoms with Crippen molar-refractivity contribution in [1.82, 2.24) is 15.1 Å². The van der Waals surface area contributed by atoms with Crippen LogP contribution in [0, 0.1) is 0 Å². The van der Waals surface area contributed by atoms with Crippen molar-refractivity contribution in [3.05, 3.63) is 29.4 Å². The summed E-state index contributed by atoms with van der Waals surface area (Å²) in [5.41, 5.74) is -0.486. The number of carbonyl (C=O) groups is 1. The van der Waals surface area contributed by atoms with Crippen molar-refractivity contribution in [2.45, 2.75) is 38.8 Å². The van der Waals surface area contributed by atoms with Gasteiger partial charge in [0.2, 0.25) is 0 Å². The fourth-order valence-electron chi connectivity index (χ4n) is 2.74. The largest absolute Gasteiger partial charge is 0.444 e. The van der Waals surface area contributed by atoms with Crippen LogP contribution in [0.15, 0.2) is 24.3 Å². The van der Waals surface area contributed by atoms with Crippen LogP contribution in [0.5, 0.6) is 0 Å². The first kappa shape index (κ1) is 16.8. The molecular weight excluding hydrogens is 328 g/mol.